The number of aromatic nitrogens is 4. The Morgan fingerprint density at radius 3 is 2.50 bits per heavy atom. The normalized spacial score (nSPS) is 12.7. The van der Waals surface area contributed by atoms with E-state index in [2.05, 4.69) is 19.9 Å². The molecule has 3 aromatic heterocycles. The van der Waals surface area contributed by atoms with E-state index < -0.39 is 17.8 Å². The van der Waals surface area contributed by atoms with Gasteiger partial charge in [0.2, 0.25) is 11.6 Å². The van der Waals surface area contributed by atoms with E-state index in [0.717, 1.165) is 17.6 Å². The number of carbonyl (C=O) groups excluding carboxylic acids is 1. The number of anilines is 2. The summed E-state index contributed by atoms with van der Waals surface area (Å²) < 4.78 is 39.0. The summed E-state index contributed by atoms with van der Waals surface area (Å²) in [7, 11) is 1.87. The van der Waals surface area contributed by atoms with Crippen LogP contribution >= 0.6 is 0 Å². The van der Waals surface area contributed by atoms with Gasteiger partial charge < -0.3 is 4.90 Å². The van der Waals surface area contributed by atoms with Crippen molar-refractivity contribution in [3.05, 3.63) is 72.2 Å². The molecule has 0 saturated heterocycles. The number of pyridine rings is 2. The van der Waals surface area contributed by atoms with Crippen LogP contribution < -0.4 is 4.90 Å². The summed E-state index contributed by atoms with van der Waals surface area (Å²) >= 11 is 0. The maximum atomic E-state index is 13.0. The number of ketones is 1. The molecular formula is C21H12F3N5O. The predicted octanol–water partition coefficient (Wildman–Crippen LogP) is 4.42. The van der Waals surface area contributed by atoms with E-state index in [4.69, 9.17) is 0 Å². The summed E-state index contributed by atoms with van der Waals surface area (Å²) in [6.45, 7) is 0. The number of carbonyl (C=O) groups is 1. The zero-order chi connectivity index (χ0) is 21.0. The fourth-order valence-electron chi connectivity index (χ4n) is 3.55. The highest BCUT2D eigenvalue weighted by atomic mass is 19.4. The number of alkyl halides is 3. The van der Waals surface area contributed by atoms with Crippen molar-refractivity contribution in [1.82, 2.24) is 19.9 Å². The lowest BCUT2D eigenvalue weighted by Crippen LogP contribution is -2.13. The summed E-state index contributed by atoms with van der Waals surface area (Å²) in [6.07, 6.45) is 1.09. The average molecular weight is 407 g/mol. The van der Waals surface area contributed by atoms with Crippen LogP contribution in [0, 0.1) is 0 Å². The Morgan fingerprint density at radius 2 is 1.77 bits per heavy atom. The van der Waals surface area contributed by atoms with E-state index in [1.807, 2.05) is 36.2 Å². The van der Waals surface area contributed by atoms with Gasteiger partial charge in [-0.3, -0.25) is 14.8 Å². The van der Waals surface area contributed by atoms with Gasteiger partial charge in [-0.05, 0) is 30.3 Å². The van der Waals surface area contributed by atoms with Gasteiger partial charge in [0.1, 0.15) is 5.69 Å². The van der Waals surface area contributed by atoms with Crippen molar-refractivity contribution in [2.24, 2.45) is 0 Å². The Hall–Kier alpha value is -3.88. The molecule has 0 bridgehead atoms. The third-order valence-corrected chi connectivity index (χ3v) is 5.04. The van der Waals surface area contributed by atoms with Crippen LogP contribution in [-0.2, 0) is 6.18 Å². The third-order valence-electron chi connectivity index (χ3n) is 5.04. The lowest BCUT2D eigenvalue weighted by atomic mass is 10.0. The fraction of sp³-hybridized carbons (Fsp3) is 0.0952. The molecule has 0 spiro atoms. The minimum Gasteiger partial charge on any atom is -0.343 e. The van der Waals surface area contributed by atoms with Gasteiger partial charge in [-0.15, -0.1) is 0 Å². The smallest absolute Gasteiger partial charge is 0.343 e. The Balaban J connectivity index is 1.70. The van der Waals surface area contributed by atoms with E-state index in [1.165, 1.54) is 6.20 Å². The highest BCUT2D eigenvalue weighted by Gasteiger charge is 2.38. The first kappa shape index (κ1) is 18.2. The fourth-order valence-corrected chi connectivity index (χ4v) is 3.55. The van der Waals surface area contributed by atoms with Gasteiger partial charge in [0.15, 0.2) is 0 Å². The number of hydrogen-bond acceptors (Lipinski definition) is 6. The molecule has 1 aliphatic rings. The monoisotopic (exact) mass is 407 g/mol. The average Bonchev–Trinajstić information content (AvgIpc) is 3.05. The van der Waals surface area contributed by atoms with Gasteiger partial charge in [0.25, 0.3) is 0 Å². The third kappa shape index (κ3) is 2.70. The van der Waals surface area contributed by atoms with Crippen LogP contribution in [0.1, 0.15) is 21.9 Å². The zero-order valence-electron chi connectivity index (χ0n) is 15.5. The minimum atomic E-state index is -4.73. The lowest BCUT2D eigenvalue weighted by Gasteiger charge is -2.20. The summed E-state index contributed by atoms with van der Waals surface area (Å²) in [4.78, 5) is 30.0. The van der Waals surface area contributed by atoms with E-state index in [1.54, 1.807) is 18.5 Å². The topological polar surface area (TPSA) is 71.9 Å². The molecule has 1 aromatic carbocycles. The van der Waals surface area contributed by atoms with Crippen LogP contribution in [0.5, 0.6) is 0 Å². The van der Waals surface area contributed by atoms with E-state index in [-0.39, 0.29) is 16.8 Å². The molecule has 0 saturated carbocycles. The predicted molar refractivity (Wildman–Crippen MR) is 104 cm³/mol. The molecular weight excluding hydrogens is 395 g/mol. The molecule has 0 aliphatic heterocycles. The van der Waals surface area contributed by atoms with Crippen LogP contribution in [-0.4, -0.2) is 32.8 Å². The summed E-state index contributed by atoms with van der Waals surface area (Å²) in [5.41, 5.74) is 3.00. The van der Waals surface area contributed by atoms with Crippen molar-refractivity contribution in [1.29, 1.82) is 0 Å². The number of benzene rings is 1. The van der Waals surface area contributed by atoms with Crippen molar-refractivity contribution in [3.63, 3.8) is 0 Å². The van der Waals surface area contributed by atoms with Gasteiger partial charge in [-0.1, -0.05) is 0 Å². The van der Waals surface area contributed by atoms with Crippen molar-refractivity contribution in [3.8, 4) is 11.1 Å². The molecule has 6 nitrogen and oxygen atoms in total. The van der Waals surface area contributed by atoms with Crippen LogP contribution in [0.4, 0.5) is 24.5 Å². The van der Waals surface area contributed by atoms with Crippen LogP contribution in [0.2, 0.25) is 0 Å². The molecule has 0 amide bonds. The summed E-state index contributed by atoms with van der Waals surface area (Å²) in [5, 5.41) is 0.635. The van der Waals surface area contributed by atoms with Crippen LogP contribution in [0.3, 0.4) is 0 Å². The van der Waals surface area contributed by atoms with E-state index in [9.17, 15) is 18.0 Å². The largest absolute Gasteiger partial charge is 0.451 e. The second-order valence-corrected chi connectivity index (χ2v) is 6.80. The van der Waals surface area contributed by atoms with Crippen molar-refractivity contribution in [2.75, 3.05) is 11.9 Å². The first-order chi connectivity index (χ1) is 14.3. The van der Waals surface area contributed by atoms with Crippen molar-refractivity contribution < 1.29 is 18.0 Å². The highest BCUT2D eigenvalue weighted by molar-refractivity contribution is 6.24. The number of hydrogen-bond donors (Lipinski definition) is 0. The van der Waals surface area contributed by atoms with Gasteiger partial charge in [0, 0.05) is 47.8 Å². The van der Waals surface area contributed by atoms with Gasteiger partial charge in [-0.2, -0.15) is 13.2 Å². The summed E-state index contributed by atoms with van der Waals surface area (Å²) in [6, 6.07) is 9.22. The molecule has 3 heterocycles. The molecule has 0 atom stereocenters. The molecule has 30 heavy (non-hydrogen) atoms. The Morgan fingerprint density at radius 1 is 0.967 bits per heavy atom. The Bertz CT molecular complexity index is 1320. The molecule has 0 N–H and O–H groups in total. The standard InChI is InChI=1S/C21H12F3N5O/c1-29(12-3-2-6-25-8-12)11-4-5-16-13(7-11)17-14-9-27-20(21(22,23)24)28-18(14)19(30)15(17)10-26-16/h2-10H,1H3. The maximum absolute atomic E-state index is 13.0. The molecule has 9 heteroatoms. The van der Waals surface area contributed by atoms with Crippen LogP contribution in [0.25, 0.3) is 22.0 Å². The van der Waals surface area contributed by atoms with Gasteiger partial charge >= 0.3 is 6.18 Å². The Labute approximate surface area is 168 Å². The number of rotatable bonds is 2. The second kappa shape index (κ2) is 6.31. The number of nitrogens with zero attached hydrogens (tertiary/aromatic N) is 5. The van der Waals surface area contributed by atoms with E-state index in [0.29, 0.717) is 16.5 Å². The highest BCUT2D eigenvalue weighted by Crippen LogP contribution is 2.41. The quantitative estimate of drug-likeness (QED) is 0.432. The van der Waals surface area contributed by atoms with Gasteiger partial charge in [-0.25, -0.2) is 9.97 Å². The SMILES string of the molecule is CN(c1cccnc1)c1ccc2ncc3c(c2c1)-c1cnc(C(F)(F)F)nc1C3=O. The van der Waals surface area contributed by atoms with Crippen molar-refractivity contribution in [2.45, 2.75) is 6.18 Å². The minimum absolute atomic E-state index is 0.215. The van der Waals surface area contributed by atoms with Crippen LogP contribution in [0.15, 0.2) is 55.1 Å². The first-order valence-electron chi connectivity index (χ1n) is 8.90. The molecule has 5 rings (SSSR count). The maximum Gasteiger partial charge on any atom is 0.451 e. The Kier molecular flexibility index (Phi) is 3.82. The number of fused-ring (bicyclic) bond motifs is 5. The molecule has 0 unspecified atom stereocenters. The zero-order valence-corrected chi connectivity index (χ0v) is 15.5. The molecule has 148 valence electrons. The number of halogens is 3. The van der Waals surface area contributed by atoms with Gasteiger partial charge in [0.05, 0.1) is 23.0 Å². The molecule has 0 radical (unpaired) electrons. The molecule has 0 fully saturated rings. The van der Waals surface area contributed by atoms with Crippen molar-refractivity contribution >= 4 is 28.1 Å². The second-order valence-electron chi connectivity index (χ2n) is 6.80. The molecule has 4 aromatic rings. The first-order valence-corrected chi connectivity index (χ1v) is 8.90. The lowest BCUT2D eigenvalue weighted by molar-refractivity contribution is -0.145. The van der Waals surface area contributed by atoms with E-state index >= 15 is 0 Å². The molecule has 1 aliphatic carbocycles. The summed E-state index contributed by atoms with van der Waals surface area (Å²) in [5.74, 6) is -1.93.